The number of carbonyl (C=O) groups is 1. The molecule has 0 amide bonds. The Bertz CT molecular complexity index is 333. The van der Waals surface area contributed by atoms with Crippen molar-refractivity contribution in [2.24, 2.45) is 11.8 Å². The van der Waals surface area contributed by atoms with Crippen molar-refractivity contribution >= 4 is 5.97 Å². The van der Waals surface area contributed by atoms with Gasteiger partial charge in [-0.15, -0.1) is 0 Å². The molecule has 0 rings (SSSR count). The Morgan fingerprint density at radius 1 is 1.21 bits per heavy atom. The van der Waals surface area contributed by atoms with E-state index in [1.807, 2.05) is 34.6 Å². The fraction of sp³-hybridized carbons (Fsp3) is 0.688. The van der Waals surface area contributed by atoms with E-state index in [4.69, 9.17) is 4.74 Å². The average Bonchev–Trinajstić information content (AvgIpc) is 2.31. The molecular weight excluding hydrogens is 243 g/mol. The van der Waals surface area contributed by atoms with Crippen molar-refractivity contribution in [2.75, 3.05) is 6.67 Å². The first kappa shape index (κ1) is 17.9. The summed E-state index contributed by atoms with van der Waals surface area (Å²) in [5, 5.41) is 0. The van der Waals surface area contributed by atoms with Gasteiger partial charge in [-0.25, -0.2) is 4.79 Å². The minimum atomic E-state index is -0.460. The van der Waals surface area contributed by atoms with Crippen LogP contribution in [0, 0.1) is 11.8 Å². The summed E-state index contributed by atoms with van der Waals surface area (Å²) in [6.45, 7) is 11.3. The zero-order chi connectivity index (χ0) is 15.0. The van der Waals surface area contributed by atoms with E-state index in [1.54, 1.807) is 19.1 Å². The van der Waals surface area contributed by atoms with Crippen molar-refractivity contribution in [1.82, 2.24) is 0 Å². The highest BCUT2D eigenvalue weighted by Crippen LogP contribution is 2.20. The molecule has 2 nitrogen and oxygen atoms in total. The van der Waals surface area contributed by atoms with Gasteiger partial charge >= 0.3 is 5.97 Å². The summed E-state index contributed by atoms with van der Waals surface area (Å²) in [4.78, 5) is 12.2. The van der Waals surface area contributed by atoms with E-state index in [9.17, 15) is 9.18 Å². The van der Waals surface area contributed by atoms with Gasteiger partial charge in [0.05, 0.1) is 12.2 Å². The first-order valence-electron chi connectivity index (χ1n) is 6.94. The smallest absolute Gasteiger partial charge is 0.338 e. The van der Waals surface area contributed by atoms with Gasteiger partial charge in [0, 0.05) is 0 Å². The molecule has 0 fully saturated rings. The third kappa shape index (κ3) is 6.04. The van der Waals surface area contributed by atoms with Gasteiger partial charge in [-0.3, -0.25) is 4.39 Å². The van der Waals surface area contributed by atoms with E-state index in [0.717, 1.165) is 5.57 Å². The fourth-order valence-corrected chi connectivity index (χ4v) is 2.06. The van der Waals surface area contributed by atoms with E-state index in [0.29, 0.717) is 5.57 Å². The molecule has 0 heterocycles. The van der Waals surface area contributed by atoms with Crippen LogP contribution in [0.25, 0.3) is 0 Å². The van der Waals surface area contributed by atoms with Gasteiger partial charge in [0.2, 0.25) is 0 Å². The quantitative estimate of drug-likeness (QED) is 0.388. The third-order valence-corrected chi connectivity index (χ3v) is 3.04. The second-order valence-electron chi connectivity index (χ2n) is 5.49. The number of hydrogen-bond acceptors (Lipinski definition) is 2. The minimum Gasteiger partial charge on any atom is -0.458 e. The van der Waals surface area contributed by atoms with Gasteiger partial charge in [-0.05, 0) is 32.1 Å². The molecular formula is C16H27FO2. The van der Waals surface area contributed by atoms with Crippen molar-refractivity contribution in [1.29, 1.82) is 0 Å². The van der Waals surface area contributed by atoms with Crippen molar-refractivity contribution in [3.05, 3.63) is 23.3 Å². The van der Waals surface area contributed by atoms with Crippen LogP contribution in [0.3, 0.4) is 0 Å². The Kier molecular flexibility index (Phi) is 8.37. The Morgan fingerprint density at radius 3 is 2.11 bits per heavy atom. The topological polar surface area (TPSA) is 26.3 Å². The summed E-state index contributed by atoms with van der Waals surface area (Å²) in [6.07, 6.45) is 3.62. The van der Waals surface area contributed by atoms with Gasteiger partial charge in [0.25, 0.3) is 0 Å². The zero-order valence-corrected chi connectivity index (χ0v) is 13.0. The lowest BCUT2D eigenvalue weighted by atomic mass is 9.96. The first-order valence-corrected chi connectivity index (χ1v) is 6.94. The summed E-state index contributed by atoms with van der Waals surface area (Å²) < 4.78 is 18.0. The maximum Gasteiger partial charge on any atom is 0.338 e. The Morgan fingerprint density at radius 2 is 1.74 bits per heavy atom. The van der Waals surface area contributed by atoms with E-state index in [-0.39, 0.29) is 30.3 Å². The van der Waals surface area contributed by atoms with E-state index in [2.05, 4.69) is 0 Å². The molecule has 0 atom stereocenters. The van der Waals surface area contributed by atoms with E-state index >= 15 is 0 Å². The van der Waals surface area contributed by atoms with Crippen LogP contribution in [0.5, 0.6) is 0 Å². The van der Waals surface area contributed by atoms with Crippen LogP contribution in [0.15, 0.2) is 23.3 Å². The van der Waals surface area contributed by atoms with Gasteiger partial charge in [0.15, 0.2) is 0 Å². The van der Waals surface area contributed by atoms with Gasteiger partial charge in [-0.1, -0.05) is 45.4 Å². The lowest BCUT2D eigenvalue weighted by Gasteiger charge is -2.25. The number of alkyl halides is 1. The van der Waals surface area contributed by atoms with Gasteiger partial charge < -0.3 is 4.74 Å². The molecule has 0 N–H and O–H groups in total. The largest absolute Gasteiger partial charge is 0.458 e. The first-order chi connectivity index (χ1) is 8.84. The summed E-state index contributed by atoms with van der Waals surface area (Å²) >= 11 is 0. The number of rotatable bonds is 7. The van der Waals surface area contributed by atoms with Crippen LogP contribution in [-0.2, 0) is 9.53 Å². The highest BCUT2D eigenvalue weighted by Gasteiger charge is 2.23. The SMILES string of the molecule is C/C=C\C(C(=O)OC(C(C)C)C(C)C)=C(\C)CCF. The van der Waals surface area contributed by atoms with E-state index in [1.165, 1.54) is 0 Å². The molecule has 0 unspecified atom stereocenters. The summed E-state index contributed by atoms with van der Waals surface area (Å²) in [7, 11) is 0. The maximum atomic E-state index is 12.4. The fourth-order valence-electron chi connectivity index (χ4n) is 2.06. The molecule has 0 aliphatic carbocycles. The molecule has 3 heteroatoms. The van der Waals surface area contributed by atoms with Crippen LogP contribution in [0.4, 0.5) is 4.39 Å². The number of ether oxygens (including phenoxy) is 1. The highest BCUT2D eigenvalue weighted by atomic mass is 19.1. The molecule has 0 aromatic rings. The number of hydrogen-bond donors (Lipinski definition) is 0. The molecule has 0 radical (unpaired) electrons. The number of carbonyl (C=O) groups excluding carboxylic acids is 1. The van der Waals surface area contributed by atoms with Crippen LogP contribution < -0.4 is 0 Å². The van der Waals surface area contributed by atoms with Crippen molar-refractivity contribution < 1.29 is 13.9 Å². The molecule has 0 aliphatic heterocycles. The average molecular weight is 270 g/mol. The molecule has 0 aliphatic rings. The zero-order valence-electron chi connectivity index (χ0n) is 13.0. The molecule has 0 aromatic heterocycles. The summed E-state index contributed by atoms with van der Waals surface area (Å²) in [5.74, 6) is 0.172. The Hall–Kier alpha value is -1.12. The summed E-state index contributed by atoms with van der Waals surface area (Å²) in [6, 6.07) is 0. The second-order valence-corrected chi connectivity index (χ2v) is 5.49. The summed E-state index contributed by atoms with van der Waals surface area (Å²) in [5.41, 5.74) is 1.21. The maximum absolute atomic E-state index is 12.4. The molecule has 0 saturated carbocycles. The van der Waals surface area contributed by atoms with Crippen molar-refractivity contribution in [3.8, 4) is 0 Å². The highest BCUT2D eigenvalue weighted by molar-refractivity contribution is 5.92. The Balaban J connectivity index is 5.07. The number of esters is 1. The lowest BCUT2D eigenvalue weighted by Crippen LogP contribution is -2.29. The van der Waals surface area contributed by atoms with Crippen LogP contribution in [-0.4, -0.2) is 18.7 Å². The number of halogens is 1. The van der Waals surface area contributed by atoms with Crippen LogP contribution >= 0.6 is 0 Å². The normalized spacial score (nSPS) is 13.6. The van der Waals surface area contributed by atoms with Crippen LogP contribution in [0.1, 0.15) is 48.0 Å². The standard InChI is InChI=1S/C16H27FO2/c1-7-8-14(13(6)9-10-17)16(18)19-15(11(2)3)12(4)5/h7-8,11-12,15H,9-10H2,1-6H3/b8-7-,14-13+. The minimum absolute atomic E-state index is 0.120. The lowest BCUT2D eigenvalue weighted by molar-refractivity contribution is -0.148. The number of allylic oxidation sites excluding steroid dienone is 2. The molecule has 110 valence electrons. The van der Waals surface area contributed by atoms with Gasteiger partial charge in [-0.2, -0.15) is 0 Å². The molecule has 0 bridgehead atoms. The third-order valence-electron chi connectivity index (χ3n) is 3.04. The molecule has 0 spiro atoms. The van der Waals surface area contributed by atoms with Gasteiger partial charge in [0.1, 0.15) is 6.10 Å². The van der Waals surface area contributed by atoms with E-state index < -0.39 is 6.67 Å². The second kappa shape index (κ2) is 8.89. The predicted molar refractivity (Wildman–Crippen MR) is 77.7 cm³/mol. The van der Waals surface area contributed by atoms with Crippen LogP contribution in [0.2, 0.25) is 0 Å². The Labute approximate surface area is 116 Å². The van der Waals surface area contributed by atoms with Crippen molar-refractivity contribution in [2.45, 2.75) is 54.1 Å². The predicted octanol–water partition coefficient (Wildman–Crippen LogP) is 4.46. The molecule has 0 saturated heterocycles. The monoisotopic (exact) mass is 270 g/mol. The molecule has 19 heavy (non-hydrogen) atoms. The van der Waals surface area contributed by atoms with Crippen molar-refractivity contribution in [3.63, 3.8) is 0 Å². The molecule has 0 aromatic carbocycles.